The number of esters is 1. The Morgan fingerprint density at radius 1 is 1.30 bits per heavy atom. The fraction of sp³-hybridized carbons (Fsp3) is 0.611. The molecule has 0 amide bonds. The van der Waals surface area contributed by atoms with Crippen LogP contribution in [-0.4, -0.2) is 22.3 Å². The molecule has 0 radical (unpaired) electrons. The highest BCUT2D eigenvalue weighted by Gasteiger charge is 2.19. The number of hydrogen-bond donors (Lipinski definition) is 0. The Bertz CT molecular complexity index is 615. The van der Waals surface area contributed by atoms with Crippen molar-refractivity contribution < 1.29 is 9.53 Å². The van der Waals surface area contributed by atoms with Crippen molar-refractivity contribution in [1.29, 1.82) is 5.26 Å². The molecule has 1 heterocycles. The summed E-state index contributed by atoms with van der Waals surface area (Å²) in [5, 5.41) is 10.0. The molecule has 1 aliphatic carbocycles. The van der Waals surface area contributed by atoms with E-state index in [0.29, 0.717) is 10.6 Å². The highest BCUT2D eigenvalue weighted by molar-refractivity contribution is 7.99. The lowest BCUT2D eigenvalue weighted by atomic mass is 9.96. The van der Waals surface area contributed by atoms with Crippen LogP contribution in [0.5, 0.6) is 0 Å². The van der Waals surface area contributed by atoms with Crippen LogP contribution in [0.2, 0.25) is 0 Å². The number of pyridine rings is 1. The van der Waals surface area contributed by atoms with Gasteiger partial charge in [0, 0.05) is 5.69 Å². The van der Waals surface area contributed by atoms with Gasteiger partial charge in [0.2, 0.25) is 0 Å². The third-order valence-corrected chi connectivity index (χ3v) is 4.60. The summed E-state index contributed by atoms with van der Waals surface area (Å²) in [5.41, 5.74) is 2.37. The van der Waals surface area contributed by atoms with E-state index in [9.17, 15) is 10.1 Å². The highest BCUT2D eigenvalue weighted by Crippen LogP contribution is 2.27. The molecule has 1 aromatic heterocycles. The monoisotopic (exact) mass is 332 g/mol. The standard InChI is InChI=1S/C18H24N2O2S/c1-18(2,3)22-16(21)12-23-17-14(11-19)10-13-8-6-4-5-7-9-15(13)20-17/h10H,4-9,12H2,1-3H3. The number of hydrogen-bond acceptors (Lipinski definition) is 5. The summed E-state index contributed by atoms with van der Waals surface area (Å²) in [6, 6.07) is 4.18. The van der Waals surface area contributed by atoms with Crippen molar-refractivity contribution in [2.24, 2.45) is 0 Å². The maximum Gasteiger partial charge on any atom is 0.316 e. The van der Waals surface area contributed by atoms with Crippen LogP contribution in [-0.2, 0) is 22.4 Å². The van der Waals surface area contributed by atoms with Crippen LogP contribution in [0, 0.1) is 11.3 Å². The van der Waals surface area contributed by atoms with Crippen LogP contribution in [0.3, 0.4) is 0 Å². The van der Waals surface area contributed by atoms with Gasteiger partial charge in [-0.25, -0.2) is 4.98 Å². The van der Waals surface area contributed by atoms with Crippen LogP contribution in [0.25, 0.3) is 0 Å². The molecule has 0 N–H and O–H groups in total. The Kier molecular flexibility index (Phi) is 6.06. The Hall–Kier alpha value is -1.54. The van der Waals surface area contributed by atoms with E-state index in [1.54, 1.807) is 0 Å². The molecule has 0 saturated carbocycles. The fourth-order valence-corrected chi connectivity index (χ4v) is 3.40. The van der Waals surface area contributed by atoms with Gasteiger partial charge in [0.15, 0.2) is 0 Å². The molecule has 0 saturated heterocycles. The van der Waals surface area contributed by atoms with E-state index in [0.717, 1.165) is 31.4 Å². The number of aryl methyl sites for hydroxylation is 2. The van der Waals surface area contributed by atoms with Crippen molar-refractivity contribution in [2.75, 3.05) is 5.75 Å². The number of rotatable bonds is 3. The second-order valence-electron chi connectivity index (χ2n) is 6.85. The van der Waals surface area contributed by atoms with E-state index >= 15 is 0 Å². The normalized spacial score (nSPS) is 15.0. The topological polar surface area (TPSA) is 63.0 Å². The zero-order valence-electron chi connectivity index (χ0n) is 14.1. The molecule has 0 aliphatic heterocycles. The van der Waals surface area contributed by atoms with Gasteiger partial charge in [-0.3, -0.25) is 4.79 Å². The van der Waals surface area contributed by atoms with E-state index < -0.39 is 5.60 Å². The third-order valence-electron chi connectivity index (χ3n) is 3.63. The molecule has 0 aromatic carbocycles. The maximum absolute atomic E-state index is 11.9. The molecule has 23 heavy (non-hydrogen) atoms. The Morgan fingerprint density at radius 2 is 2.00 bits per heavy atom. The van der Waals surface area contributed by atoms with Crippen LogP contribution < -0.4 is 0 Å². The molecular formula is C18H24N2O2S. The number of carbonyl (C=O) groups is 1. The fourth-order valence-electron chi connectivity index (χ4n) is 2.66. The van der Waals surface area contributed by atoms with Crippen LogP contribution >= 0.6 is 11.8 Å². The number of carbonyl (C=O) groups excluding carboxylic acids is 1. The average Bonchev–Trinajstić information content (AvgIpc) is 2.44. The summed E-state index contributed by atoms with van der Waals surface area (Å²) in [4.78, 5) is 16.6. The SMILES string of the molecule is CC(C)(C)OC(=O)CSc1nc2c(cc1C#N)CCCCCC2. The minimum Gasteiger partial charge on any atom is -0.459 e. The predicted octanol–water partition coefficient (Wildman–Crippen LogP) is 4.05. The number of fused-ring (bicyclic) bond motifs is 1. The predicted molar refractivity (Wildman–Crippen MR) is 91.4 cm³/mol. The number of aromatic nitrogens is 1. The van der Waals surface area contributed by atoms with Crippen molar-refractivity contribution in [3.63, 3.8) is 0 Å². The molecule has 5 heteroatoms. The van der Waals surface area contributed by atoms with Gasteiger partial charge in [0.25, 0.3) is 0 Å². The van der Waals surface area contributed by atoms with E-state index in [1.165, 1.54) is 30.2 Å². The van der Waals surface area contributed by atoms with Gasteiger partial charge in [0.1, 0.15) is 16.7 Å². The van der Waals surface area contributed by atoms with Crippen molar-refractivity contribution in [3.8, 4) is 6.07 Å². The molecule has 0 unspecified atom stereocenters. The van der Waals surface area contributed by atoms with Gasteiger partial charge >= 0.3 is 5.97 Å². The Morgan fingerprint density at radius 3 is 2.65 bits per heavy atom. The van der Waals surface area contributed by atoms with Crippen LogP contribution in [0.1, 0.15) is 63.3 Å². The quantitative estimate of drug-likeness (QED) is 0.617. The number of nitriles is 1. The molecule has 0 fully saturated rings. The second-order valence-corrected chi connectivity index (χ2v) is 7.81. The summed E-state index contributed by atoms with van der Waals surface area (Å²) >= 11 is 1.30. The molecular weight excluding hydrogens is 308 g/mol. The lowest BCUT2D eigenvalue weighted by Crippen LogP contribution is -2.25. The summed E-state index contributed by atoms with van der Waals surface area (Å²) in [7, 11) is 0. The van der Waals surface area contributed by atoms with Gasteiger partial charge in [-0.05, 0) is 58.1 Å². The lowest BCUT2D eigenvalue weighted by Gasteiger charge is -2.19. The first-order valence-corrected chi connectivity index (χ1v) is 9.15. The van der Waals surface area contributed by atoms with E-state index in [2.05, 4.69) is 11.1 Å². The smallest absolute Gasteiger partial charge is 0.316 e. The molecule has 0 atom stereocenters. The first-order valence-electron chi connectivity index (χ1n) is 8.16. The summed E-state index contributed by atoms with van der Waals surface area (Å²) in [6.45, 7) is 5.54. The number of nitrogens with zero attached hydrogens (tertiary/aromatic N) is 2. The van der Waals surface area contributed by atoms with Gasteiger partial charge in [-0.15, -0.1) is 0 Å². The molecule has 124 valence electrons. The Balaban J connectivity index is 2.13. The minimum absolute atomic E-state index is 0.178. The zero-order valence-corrected chi connectivity index (χ0v) is 15.0. The summed E-state index contributed by atoms with van der Waals surface area (Å²) < 4.78 is 5.31. The molecule has 2 rings (SSSR count). The molecule has 1 aromatic rings. The summed E-state index contributed by atoms with van der Waals surface area (Å²) in [6.07, 6.45) is 6.74. The second kappa shape index (κ2) is 7.83. The molecule has 0 bridgehead atoms. The van der Waals surface area contributed by atoms with Gasteiger partial charge in [-0.1, -0.05) is 24.6 Å². The minimum atomic E-state index is -0.491. The van der Waals surface area contributed by atoms with E-state index in [1.807, 2.05) is 26.8 Å². The third kappa shape index (κ3) is 5.54. The number of thioether (sulfide) groups is 1. The first kappa shape index (κ1) is 17.8. The van der Waals surface area contributed by atoms with Gasteiger partial charge in [0.05, 0.1) is 11.3 Å². The Labute approximate surface area is 142 Å². The zero-order chi connectivity index (χ0) is 16.9. The van der Waals surface area contributed by atoms with Crippen molar-refractivity contribution in [1.82, 2.24) is 4.98 Å². The van der Waals surface area contributed by atoms with E-state index in [-0.39, 0.29) is 11.7 Å². The highest BCUT2D eigenvalue weighted by atomic mass is 32.2. The van der Waals surface area contributed by atoms with Crippen molar-refractivity contribution in [2.45, 2.75) is 69.9 Å². The van der Waals surface area contributed by atoms with E-state index in [4.69, 9.17) is 4.74 Å². The van der Waals surface area contributed by atoms with Crippen LogP contribution in [0.4, 0.5) is 0 Å². The summed E-state index contributed by atoms with van der Waals surface area (Å²) in [5.74, 6) is -0.0995. The molecule has 0 spiro atoms. The number of ether oxygens (including phenoxy) is 1. The van der Waals surface area contributed by atoms with Crippen molar-refractivity contribution >= 4 is 17.7 Å². The van der Waals surface area contributed by atoms with Gasteiger partial charge in [-0.2, -0.15) is 5.26 Å². The first-order chi connectivity index (χ1) is 10.9. The van der Waals surface area contributed by atoms with Crippen LogP contribution in [0.15, 0.2) is 11.1 Å². The maximum atomic E-state index is 11.9. The largest absolute Gasteiger partial charge is 0.459 e. The average molecular weight is 332 g/mol. The van der Waals surface area contributed by atoms with Gasteiger partial charge < -0.3 is 4.74 Å². The molecule has 1 aliphatic rings. The lowest BCUT2D eigenvalue weighted by molar-refractivity contribution is -0.151. The molecule has 4 nitrogen and oxygen atoms in total. The van der Waals surface area contributed by atoms with Crippen molar-refractivity contribution in [3.05, 3.63) is 22.9 Å².